The van der Waals surface area contributed by atoms with E-state index in [4.69, 9.17) is 14.2 Å². The smallest absolute Gasteiger partial charge is 0.203 e. The van der Waals surface area contributed by atoms with Crippen molar-refractivity contribution in [2.75, 3.05) is 27.9 Å². The average molecular weight is 421 g/mol. The Morgan fingerprint density at radius 3 is 2.10 bits per heavy atom. The van der Waals surface area contributed by atoms with Gasteiger partial charge in [0.05, 0.1) is 21.3 Å². The van der Waals surface area contributed by atoms with E-state index in [1.807, 2.05) is 12.1 Å². The molecule has 3 N–H and O–H groups in total. The van der Waals surface area contributed by atoms with Gasteiger partial charge in [-0.1, -0.05) is 24.3 Å². The van der Waals surface area contributed by atoms with E-state index >= 15 is 0 Å². The van der Waals surface area contributed by atoms with Crippen molar-refractivity contribution in [3.05, 3.63) is 65.2 Å². The highest BCUT2D eigenvalue weighted by atomic mass is 16.5. The fourth-order valence-corrected chi connectivity index (χ4v) is 4.17. The highest BCUT2D eigenvalue weighted by molar-refractivity contribution is 5.71. The molecule has 0 spiro atoms. The third-order valence-electron chi connectivity index (χ3n) is 5.79. The summed E-state index contributed by atoms with van der Waals surface area (Å²) in [5.41, 5.74) is 5.31. The lowest BCUT2D eigenvalue weighted by Gasteiger charge is -2.27. The summed E-state index contributed by atoms with van der Waals surface area (Å²) in [6.45, 7) is 0.839. The first-order valence-corrected chi connectivity index (χ1v) is 10.2. The van der Waals surface area contributed by atoms with E-state index in [9.17, 15) is 10.2 Å². The lowest BCUT2D eigenvalue weighted by Crippen LogP contribution is -2.31. The summed E-state index contributed by atoms with van der Waals surface area (Å²) < 4.78 is 16.3. The van der Waals surface area contributed by atoms with E-state index in [-0.39, 0.29) is 17.5 Å². The summed E-state index contributed by atoms with van der Waals surface area (Å²) in [5, 5.41) is 23.3. The van der Waals surface area contributed by atoms with E-state index < -0.39 is 0 Å². The molecule has 3 aromatic carbocycles. The summed E-state index contributed by atoms with van der Waals surface area (Å²) in [4.78, 5) is 0. The quantitative estimate of drug-likeness (QED) is 0.517. The van der Waals surface area contributed by atoms with Gasteiger partial charge in [-0.2, -0.15) is 0 Å². The Morgan fingerprint density at radius 2 is 1.48 bits per heavy atom. The summed E-state index contributed by atoms with van der Waals surface area (Å²) >= 11 is 0. The van der Waals surface area contributed by atoms with Crippen LogP contribution in [0.1, 0.15) is 22.7 Å². The largest absolute Gasteiger partial charge is 0.504 e. The fourth-order valence-electron chi connectivity index (χ4n) is 4.17. The molecule has 1 aliphatic rings. The molecule has 1 aliphatic heterocycles. The molecule has 0 fully saturated rings. The number of nitrogens with one attached hydrogen (secondary N) is 1. The molecule has 0 saturated carbocycles. The number of methoxy groups -OCH3 is 3. The van der Waals surface area contributed by atoms with Crippen LogP contribution >= 0.6 is 0 Å². The van der Waals surface area contributed by atoms with Gasteiger partial charge >= 0.3 is 0 Å². The molecule has 162 valence electrons. The van der Waals surface area contributed by atoms with Crippen molar-refractivity contribution in [2.45, 2.75) is 18.9 Å². The third kappa shape index (κ3) is 4.11. The second-order valence-corrected chi connectivity index (χ2v) is 7.61. The number of hydrogen-bond acceptors (Lipinski definition) is 6. The zero-order valence-corrected chi connectivity index (χ0v) is 17.9. The van der Waals surface area contributed by atoms with E-state index in [1.165, 1.54) is 5.56 Å². The lowest BCUT2D eigenvalue weighted by atomic mass is 9.89. The first kappa shape index (κ1) is 20.9. The number of phenols is 2. The first-order chi connectivity index (χ1) is 15.0. The number of phenolic OH excluding ortho intramolecular Hbond substituents is 2. The van der Waals surface area contributed by atoms with Crippen LogP contribution in [0.3, 0.4) is 0 Å². The molecule has 6 nitrogen and oxygen atoms in total. The molecule has 4 rings (SSSR count). The summed E-state index contributed by atoms with van der Waals surface area (Å²) in [7, 11) is 4.81. The van der Waals surface area contributed by atoms with Crippen molar-refractivity contribution < 1.29 is 24.4 Å². The molecule has 0 bridgehead atoms. The van der Waals surface area contributed by atoms with Crippen LogP contribution in [-0.4, -0.2) is 38.1 Å². The Balaban J connectivity index is 1.59. The maximum atomic E-state index is 9.94. The van der Waals surface area contributed by atoms with E-state index in [2.05, 4.69) is 29.6 Å². The average Bonchev–Trinajstić information content (AvgIpc) is 2.79. The number of hydrogen-bond donors (Lipinski definition) is 3. The summed E-state index contributed by atoms with van der Waals surface area (Å²) in [6, 6.07) is 15.7. The van der Waals surface area contributed by atoms with E-state index in [0.717, 1.165) is 41.6 Å². The highest BCUT2D eigenvalue weighted by Gasteiger charge is 2.22. The molecule has 6 heteroatoms. The van der Waals surface area contributed by atoms with Crippen LogP contribution < -0.4 is 19.5 Å². The van der Waals surface area contributed by atoms with Crippen molar-refractivity contribution in [2.24, 2.45) is 0 Å². The Labute approximate surface area is 182 Å². The van der Waals surface area contributed by atoms with Crippen molar-refractivity contribution in [3.8, 4) is 39.9 Å². The highest BCUT2D eigenvalue weighted by Crippen LogP contribution is 2.41. The molecule has 1 unspecified atom stereocenters. The van der Waals surface area contributed by atoms with Gasteiger partial charge in [0.15, 0.2) is 23.0 Å². The van der Waals surface area contributed by atoms with Crippen LogP contribution in [0.4, 0.5) is 0 Å². The predicted molar refractivity (Wildman–Crippen MR) is 119 cm³/mol. The Bertz CT molecular complexity index is 1050. The predicted octanol–water partition coefficient (Wildman–Crippen LogP) is 4.22. The van der Waals surface area contributed by atoms with Crippen LogP contribution in [-0.2, 0) is 12.8 Å². The number of rotatable bonds is 6. The normalized spacial score (nSPS) is 15.3. The van der Waals surface area contributed by atoms with Crippen LogP contribution in [0, 0.1) is 0 Å². The monoisotopic (exact) mass is 421 g/mol. The number of ether oxygens (including phenoxy) is 3. The van der Waals surface area contributed by atoms with Crippen molar-refractivity contribution in [3.63, 3.8) is 0 Å². The van der Waals surface area contributed by atoms with Gasteiger partial charge in [0.1, 0.15) is 0 Å². The van der Waals surface area contributed by atoms with Gasteiger partial charge in [-0.15, -0.1) is 0 Å². The number of benzene rings is 3. The standard InChI is InChI=1S/C25H27NO5/c1-29-23-12-18(13-24(30-2)25(23)31-3)16-6-4-15(5-7-16)10-20-19-14-22(28)21(27)11-17(19)8-9-26-20/h4-7,11-14,20,26-28H,8-10H2,1-3H3. The van der Waals surface area contributed by atoms with Gasteiger partial charge in [-0.05, 0) is 71.5 Å². The van der Waals surface area contributed by atoms with Crippen molar-refractivity contribution in [1.82, 2.24) is 5.32 Å². The minimum absolute atomic E-state index is 0.0610. The molecular formula is C25H27NO5. The minimum Gasteiger partial charge on any atom is -0.504 e. The zero-order chi connectivity index (χ0) is 22.0. The second-order valence-electron chi connectivity index (χ2n) is 7.61. The molecule has 31 heavy (non-hydrogen) atoms. The van der Waals surface area contributed by atoms with Crippen molar-refractivity contribution >= 4 is 0 Å². The van der Waals surface area contributed by atoms with Crippen LogP contribution in [0.5, 0.6) is 28.7 Å². The van der Waals surface area contributed by atoms with E-state index in [0.29, 0.717) is 17.2 Å². The zero-order valence-electron chi connectivity index (χ0n) is 17.9. The van der Waals surface area contributed by atoms with Gasteiger partial charge in [0.2, 0.25) is 5.75 Å². The van der Waals surface area contributed by atoms with Crippen LogP contribution in [0.2, 0.25) is 0 Å². The molecule has 0 saturated heterocycles. The van der Waals surface area contributed by atoms with Gasteiger partial charge in [0, 0.05) is 6.04 Å². The molecule has 1 heterocycles. The SMILES string of the molecule is COc1cc(-c2ccc(CC3NCCc4cc(O)c(O)cc43)cc2)cc(OC)c1OC. The second kappa shape index (κ2) is 8.78. The third-order valence-corrected chi connectivity index (χ3v) is 5.79. The minimum atomic E-state index is -0.0785. The summed E-state index contributed by atoms with van der Waals surface area (Å²) in [6.07, 6.45) is 1.62. The fraction of sp³-hybridized carbons (Fsp3) is 0.280. The first-order valence-electron chi connectivity index (χ1n) is 10.2. The Morgan fingerprint density at radius 1 is 0.839 bits per heavy atom. The maximum Gasteiger partial charge on any atom is 0.203 e. The topological polar surface area (TPSA) is 80.2 Å². The molecule has 0 amide bonds. The Kier molecular flexibility index (Phi) is 5.91. The van der Waals surface area contributed by atoms with Gasteiger partial charge in [-0.3, -0.25) is 0 Å². The van der Waals surface area contributed by atoms with E-state index in [1.54, 1.807) is 33.5 Å². The maximum absolute atomic E-state index is 9.94. The molecule has 1 atom stereocenters. The molecule has 0 aromatic heterocycles. The molecule has 0 radical (unpaired) electrons. The van der Waals surface area contributed by atoms with Gasteiger partial charge in [-0.25, -0.2) is 0 Å². The molecule has 0 aliphatic carbocycles. The number of aromatic hydroxyl groups is 2. The van der Waals surface area contributed by atoms with Gasteiger partial charge < -0.3 is 29.7 Å². The summed E-state index contributed by atoms with van der Waals surface area (Å²) in [5.74, 6) is 1.67. The van der Waals surface area contributed by atoms with Crippen LogP contribution in [0.25, 0.3) is 11.1 Å². The van der Waals surface area contributed by atoms with Crippen molar-refractivity contribution in [1.29, 1.82) is 0 Å². The Hall–Kier alpha value is -3.38. The lowest BCUT2D eigenvalue weighted by molar-refractivity contribution is 0.324. The number of fused-ring (bicyclic) bond motifs is 1. The van der Waals surface area contributed by atoms with Crippen LogP contribution in [0.15, 0.2) is 48.5 Å². The molecule has 3 aromatic rings. The van der Waals surface area contributed by atoms with Gasteiger partial charge in [0.25, 0.3) is 0 Å². The molecular weight excluding hydrogens is 394 g/mol.